The van der Waals surface area contributed by atoms with E-state index in [1.54, 1.807) is 12.1 Å². The number of benzene rings is 1. The third-order valence-electron chi connectivity index (χ3n) is 12.9. The van der Waals surface area contributed by atoms with Crippen LogP contribution in [0.3, 0.4) is 0 Å². The van der Waals surface area contributed by atoms with Crippen LogP contribution in [0.2, 0.25) is 0 Å². The highest BCUT2D eigenvalue weighted by molar-refractivity contribution is 7.85. The van der Waals surface area contributed by atoms with E-state index < -0.39 is 15.9 Å². The minimum atomic E-state index is -4.19. The Morgan fingerprint density at radius 2 is 1.67 bits per heavy atom. The van der Waals surface area contributed by atoms with Crippen LogP contribution in [0.25, 0.3) is 0 Å². The lowest BCUT2D eigenvalue weighted by Gasteiger charge is -2.64. The molecule has 0 radical (unpaired) electrons. The number of anilines is 1. The van der Waals surface area contributed by atoms with Crippen molar-refractivity contribution in [1.82, 2.24) is 0 Å². The third kappa shape index (κ3) is 5.82. The quantitative estimate of drug-likeness (QED) is 0.301. The van der Waals surface area contributed by atoms with Crippen LogP contribution < -0.4 is 4.90 Å². The second-order valence-corrected chi connectivity index (χ2v) is 16.4. The van der Waals surface area contributed by atoms with Gasteiger partial charge in [0.25, 0.3) is 10.1 Å². The molecular weight excluding hydrogens is 550 g/mol. The topological polar surface area (TPSA) is 115 Å². The summed E-state index contributed by atoms with van der Waals surface area (Å²) in [6.07, 6.45) is 8.76. The molecule has 236 valence electrons. The highest BCUT2D eigenvalue weighted by Gasteiger charge is 2.64. The minimum Gasteiger partial charge on any atom is -0.393 e. The van der Waals surface area contributed by atoms with E-state index in [1.165, 1.54) is 4.90 Å². The predicted octanol–water partition coefficient (Wildman–Crippen LogP) is 5.95. The van der Waals surface area contributed by atoms with Crippen molar-refractivity contribution in [2.45, 2.75) is 104 Å². The largest absolute Gasteiger partial charge is 0.393 e. The Bertz CT molecular complexity index is 1210. The Morgan fingerprint density at radius 3 is 2.33 bits per heavy atom. The van der Waals surface area contributed by atoms with E-state index in [-0.39, 0.29) is 41.4 Å². The van der Waals surface area contributed by atoms with E-state index >= 15 is 0 Å². The number of amides is 1. The number of fused-ring (bicyclic) bond motifs is 5. The maximum absolute atomic E-state index is 13.4. The van der Waals surface area contributed by atoms with Crippen LogP contribution in [0.5, 0.6) is 0 Å². The molecule has 3 N–H and O–H groups in total. The third-order valence-corrected chi connectivity index (χ3v) is 13.6. The van der Waals surface area contributed by atoms with Crippen LogP contribution >= 0.6 is 0 Å². The normalized spacial score (nSPS) is 40.5. The molecule has 4 aliphatic carbocycles. The average molecular weight is 604 g/mol. The summed E-state index contributed by atoms with van der Waals surface area (Å²) < 4.78 is 32.3. The molecule has 7 nitrogen and oxygen atoms in total. The van der Waals surface area contributed by atoms with Gasteiger partial charge in [0.05, 0.1) is 18.0 Å². The summed E-state index contributed by atoms with van der Waals surface area (Å²) in [6.45, 7) is 9.34. The Kier molecular flexibility index (Phi) is 9.22. The molecular formula is C34H53NO6S. The van der Waals surface area contributed by atoms with Crippen molar-refractivity contribution in [2.75, 3.05) is 17.2 Å². The number of carbonyl (C=O) groups excluding carboxylic acids is 1. The molecule has 0 aromatic heterocycles. The van der Waals surface area contributed by atoms with Crippen LogP contribution in [0, 0.1) is 52.3 Å². The summed E-state index contributed by atoms with van der Waals surface area (Å²) in [7, 11) is -4.19. The SMILES string of the molecule is CCC1C(O)C2C3CCC(C(C)CCC(=O)N(CCS(=O)(=O)O)c4ccccc4)C3(C)CCC2C2(C)CCC(O)CC12. The zero-order valence-corrected chi connectivity index (χ0v) is 26.8. The monoisotopic (exact) mass is 603 g/mol. The lowest BCUT2D eigenvalue weighted by molar-refractivity contribution is -0.203. The minimum absolute atomic E-state index is 0.0738. The van der Waals surface area contributed by atoms with Crippen molar-refractivity contribution in [3.8, 4) is 0 Å². The second-order valence-electron chi connectivity index (χ2n) is 14.8. The summed E-state index contributed by atoms with van der Waals surface area (Å²) in [5.74, 6) is 2.11. The molecule has 0 bridgehead atoms. The van der Waals surface area contributed by atoms with Crippen LogP contribution in [-0.4, -0.2) is 53.6 Å². The molecule has 4 aliphatic rings. The number of hydrogen-bond acceptors (Lipinski definition) is 5. The Hall–Kier alpha value is -1.48. The molecule has 4 fully saturated rings. The maximum atomic E-state index is 13.4. The number of nitrogens with zero attached hydrogens (tertiary/aromatic N) is 1. The van der Waals surface area contributed by atoms with Crippen molar-refractivity contribution in [1.29, 1.82) is 0 Å². The Labute approximate surface area is 253 Å². The van der Waals surface area contributed by atoms with Crippen molar-refractivity contribution in [2.24, 2.45) is 52.3 Å². The molecule has 11 unspecified atom stereocenters. The van der Waals surface area contributed by atoms with Gasteiger partial charge in [0.1, 0.15) is 0 Å². The maximum Gasteiger partial charge on any atom is 0.266 e. The van der Waals surface area contributed by atoms with Crippen LogP contribution in [-0.2, 0) is 14.9 Å². The molecule has 1 aromatic rings. The van der Waals surface area contributed by atoms with Gasteiger partial charge in [-0.2, -0.15) is 8.42 Å². The zero-order chi connectivity index (χ0) is 30.4. The van der Waals surface area contributed by atoms with E-state index in [1.807, 2.05) is 18.2 Å². The molecule has 11 atom stereocenters. The molecule has 1 amide bonds. The Balaban J connectivity index is 1.29. The summed E-state index contributed by atoms with van der Waals surface area (Å²) in [5.41, 5.74) is 0.956. The standard InChI is InChI=1S/C34H53NO6S/c1-5-25-29-21-24(36)15-17-34(29,4)28-16-18-33(3)26(12-13-27(33)31(28)32(25)38)22(2)11-14-30(37)35(19-20-42(39,40)41)23-9-7-6-8-10-23/h6-10,22,24-29,31-32,36,38H,5,11-21H2,1-4H3,(H,39,40,41). The number of carbonyl (C=O) groups is 1. The first kappa shape index (κ1) is 31.9. The lowest BCUT2D eigenvalue weighted by atomic mass is 9.41. The van der Waals surface area contributed by atoms with Crippen molar-refractivity contribution in [3.63, 3.8) is 0 Å². The van der Waals surface area contributed by atoms with Gasteiger partial charge in [-0.15, -0.1) is 0 Å². The van der Waals surface area contributed by atoms with Gasteiger partial charge >= 0.3 is 0 Å². The molecule has 42 heavy (non-hydrogen) atoms. The van der Waals surface area contributed by atoms with E-state index in [4.69, 9.17) is 0 Å². The number of rotatable bonds is 9. The molecule has 0 aliphatic heterocycles. The molecule has 4 saturated carbocycles. The fourth-order valence-corrected chi connectivity index (χ4v) is 11.2. The fourth-order valence-electron chi connectivity index (χ4n) is 10.8. The number of aliphatic hydroxyl groups is 2. The fraction of sp³-hybridized carbons (Fsp3) is 0.794. The number of para-hydroxylation sites is 1. The van der Waals surface area contributed by atoms with Gasteiger partial charge in [-0.1, -0.05) is 52.3 Å². The van der Waals surface area contributed by atoms with Gasteiger partial charge in [0.2, 0.25) is 5.91 Å². The van der Waals surface area contributed by atoms with Gasteiger partial charge in [0.15, 0.2) is 0 Å². The number of aliphatic hydroxyl groups excluding tert-OH is 2. The van der Waals surface area contributed by atoms with Crippen molar-refractivity contribution >= 4 is 21.7 Å². The molecule has 0 heterocycles. The second kappa shape index (κ2) is 12.1. The molecule has 0 saturated heterocycles. The molecule has 1 aromatic carbocycles. The highest BCUT2D eigenvalue weighted by atomic mass is 32.2. The van der Waals surface area contributed by atoms with E-state index in [2.05, 4.69) is 27.7 Å². The molecule has 5 rings (SSSR count). The summed E-state index contributed by atoms with van der Waals surface area (Å²) >= 11 is 0. The van der Waals surface area contributed by atoms with Crippen LogP contribution in [0.15, 0.2) is 30.3 Å². The average Bonchev–Trinajstić information content (AvgIpc) is 3.30. The van der Waals surface area contributed by atoms with Crippen LogP contribution in [0.1, 0.15) is 91.9 Å². The predicted molar refractivity (Wildman–Crippen MR) is 165 cm³/mol. The molecule has 8 heteroatoms. The van der Waals surface area contributed by atoms with Gasteiger partial charge in [-0.3, -0.25) is 9.35 Å². The van der Waals surface area contributed by atoms with Gasteiger partial charge in [0, 0.05) is 18.7 Å². The van der Waals surface area contributed by atoms with Gasteiger partial charge < -0.3 is 15.1 Å². The van der Waals surface area contributed by atoms with Crippen LogP contribution in [0.4, 0.5) is 5.69 Å². The van der Waals surface area contributed by atoms with Gasteiger partial charge in [-0.25, -0.2) is 0 Å². The van der Waals surface area contributed by atoms with E-state index in [9.17, 15) is 28.0 Å². The zero-order valence-electron chi connectivity index (χ0n) is 26.0. The smallest absolute Gasteiger partial charge is 0.266 e. The number of hydrogen-bond donors (Lipinski definition) is 3. The van der Waals surface area contributed by atoms with Gasteiger partial charge in [-0.05, 0) is 116 Å². The first-order valence-electron chi connectivity index (χ1n) is 16.5. The van der Waals surface area contributed by atoms with Crippen molar-refractivity contribution < 1.29 is 28.0 Å². The Morgan fingerprint density at radius 1 is 1.00 bits per heavy atom. The van der Waals surface area contributed by atoms with Crippen molar-refractivity contribution in [3.05, 3.63) is 30.3 Å². The van der Waals surface area contributed by atoms with E-state index in [0.717, 1.165) is 57.8 Å². The molecule has 0 spiro atoms. The summed E-state index contributed by atoms with van der Waals surface area (Å²) in [6, 6.07) is 9.09. The van der Waals surface area contributed by atoms with E-state index in [0.29, 0.717) is 47.6 Å². The lowest BCUT2D eigenvalue weighted by Crippen LogP contribution is -2.62. The summed E-state index contributed by atoms with van der Waals surface area (Å²) in [4.78, 5) is 14.9. The first-order chi connectivity index (χ1) is 19.8. The first-order valence-corrected chi connectivity index (χ1v) is 18.1. The highest BCUT2D eigenvalue weighted by Crippen LogP contribution is 2.69. The summed E-state index contributed by atoms with van der Waals surface area (Å²) in [5, 5.41) is 22.5.